The maximum absolute atomic E-state index is 12.0. The molecule has 2 amide bonds. The van der Waals surface area contributed by atoms with Gasteiger partial charge in [-0.2, -0.15) is 0 Å². The molecule has 8 aliphatic rings. The molecule has 392 valence electrons. The number of hydrogen-bond donors (Lipinski definition) is 0. The van der Waals surface area contributed by atoms with E-state index in [-0.39, 0.29) is 61.9 Å². The van der Waals surface area contributed by atoms with Crippen molar-refractivity contribution in [3.05, 3.63) is 24.3 Å². The number of ketones is 4. The normalized spacial score (nSPS) is 51.6. The first-order valence-electron chi connectivity index (χ1n) is 47.2. The van der Waals surface area contributed by atoms with E-state index in [9.17, 15) is 28.8 Å². The van der Waals surface area contributed by atoms with Crippen LogP contribution in [0, 0.1) is 47.3 Å². The molecule has 8 aliphatic carbocycles. The number of allylic oxidation sites excluding steroid dienone is 4. The molecule has 0 heterocycles. The second-order valence-electron chi connectivity index (χ2n) is 15.4. The van der Waals surface area contributed by atoms with E-state index in [4.69, 9.17) is 69.9 Å². The highest BCUT2D eigenvalue weighted by Gasteiger charge is 2.25. The molecule has 0 aromatic rings. The molecule has 0 radical (unpaired) electrons. The summed E-state index contributed by atoms with van der Waals surface area (Å²) in [6.07, 6.45) is -58.3. The highest BCUT2D eigenvalue weighted by atomic mass is 16.2. The van der Waals surface area contributed by atoms with E-state index in [1.54, 1.807) is 14.1 Å². The Morgan fingerprint density at radius 2 is 0.706 bits per heavy atom. The molecule has 8 saturated carbocycles. The number of amides is 2. The van der Waals surface area contributed by atoms with E-state index in [0.29, 0.717) is 12.8 Å². The van der Waals surface area contributed by atoms with Crippen molar-refractivity contribution in [3.63, 3.8) is 0 Å². The van der Waals surface area contributed by atoms with E-state index in [1.807, 2.05) is 19.1 Å². The third kappa shape index (κ3) is 29.3. The highest BCUT2D eigenvalue weighted by Crippen LogP contribution is 2.30. The van der Waals surface area contributed by atoms with Gasteiger partial charge in [0.1, 0.15) is 23.1 Å². The quantitative estimate of drug-likeness (QED) is 0.224. The molecular formula is C60H106N2O6. The molecule has 0 spiro atoms. The van der Waals surface area contributed by atoms with Gasteiger partial charge in [-0.25, -0.2) is 0 Å². The van der Waals surface area contributed by atoms with Crippen LogP contribution in [-0.4, -0.2) is 72.9 Å². The van der Waals surface area contributed by atoms with Crippen LogP contribution in [0.3, 0.4) is 0 Å². The molecule has 0 bridgehead atoms. The van der Waals surface area contributed by atoms with Gasteiger partial charge in [-0.1, -0.05) is 126 Å². The SMILES string of the molecule is [2H]C1([2H])C(C(C)=O)C([2H])([2H])C([2H])([2H])C1([2H])[2H].[2H]C1([2H])C([2H])([2H])C([2H])([2H])C([2H])(C(=O)N(C)C)C1([2H])[2H].[2H]C1([2H])C([2H])([2H])C([2H])([2H])C([2H])(C(C)=O)C1([2H])[2H].[2H]C1([2H])C([2H])([2H])C([2H])([2H])C([2H])(C=CC)C1([2H])[2H].[2H]C1([2H])CC(C(=O)N(C)C)CC1([2H])[2H].[2H]C1([2H])CC(C(C)=O)CC1([2H])[2H].[2H]C1([2H])CC(C(C)=O)CC1([2H])[2H].[2H]C1([2H])CC(C=CC)CC1([2H])[2H]. The van der Waals surface area contributed by atoms with E-state index in [1.165, 1.54) is 45.8 Å². The van der Waals surface area contributed by atoms with Crippen molar-refractivity contribution in [2.24, 2.45) is 47.3 Å². The molecule has 0 aliphatic heterocycles. The maximum atomic E-state index is 12.0. The number of nitrogens with zero attached hydrogens (tertiary/aromatic N) is 2. The zero-order chi connectivity index (χ0) is 96.5. The number of carbonyl (C=O) groups is 6. The zero-order valence-electron chi connectivity index (χ0n) is 91.7. The van der Waals surface area contributed by atoms with Gasteiger partial charge >= 0.3 is 0 Å². The van der Waals surface area contributed by atoms with Crippen LogP contribution in [0.25, 0.3) is 0 Å². The van der Waals surface area contributed by atoms with Crippen LogP contribution < -0.4 is 0 Å². The van der Waals surface area contributed by atoms with Gasteiger partial charge in [0.25, 0.3) is 0 Å². The average molecular weight is 1000 g/mol. The van der Waals surface area contributed by atoms with Crippen LogP contribution in [0.4, 0.5) is 0 Å². The molecule has 0 aromatic carbocycles. The Morgan fingerprint density at radius 3 is 1.00 bits per heavy atom. The molecule has 8 heteroatoms. The number of Topliss-reactive ketones (excluding diaryl/α,β-unsaturated/α-hetero) is 4. The Morgan fingerprint density at radius 1 is 0.382 bits per heavy atom. The van der Waals surface area contributed by atoms with Crippen molar-refractivity contribution in [1.29, 1.82) is 0 Å². The third-order valence-electron chi connectivity index (χ3n) is 9.26. The van der Waals surface area contributed by atoms with Crippen molar-refractivity contribution in [2.75, 3.05) is 28.2 Å². The molecule has 0 aromatic heterocycles. The molecule has 68 heavy (non-hydrogen) atoms. The highest BCUT2D eigenvalue weighted by molar-refractivity contribution is 5.80. The van der Waals surface area contributed by atoms with Crippen molar-refractivity contribution >= 4 is 34.9 Å². The lowest BCUT2D eigenvalue weighted by Crippen LogP contribution is -2.27. The van der Waals surface area contributed by atoms with Crippen molar-refractivity contribution < 1.29 is 98.7 Å². The van der Waals surface area contributed by atoms with Gasteiger partial charge in [-0.05, 0) is 156 Å². The summed E-state index contributed by atoms with van der Waals surface area (Å²) >= 11 is 0. The van der Waals surface area contributed by atoms with Crippen molar-refractivity contribution in [2.45, 2.75) is 246 Å². The summed E-state index contributed by atoms with van der Waals surface area (Å²) in [4.78, 5) is 70.1. The van der Waals surface area contributed by atoms with Crippen LogP contribution in [0.15, 0.2) is 24.3 Å². The summed E-state index contributed by atoms with van der Waals surface area (Å²) in [6, 6.07) is 0. The molecule has 0 atom stereocenters. The number of carbonyl (C=O) groups excluding carboxylic acids is 6. The third-order valence-corrected chi connectivity index (χ3v) is 9.26. The van der Waals surface area contributed by atoms with E-state index >= 15 is 0 Å². The summed E-state index contributed by atoms with van der Waals surface area (Å²) in [7, 11) is 5.56. The zero-order valence-corrected chi connectivity index (χ0v) is 40.7. The minimum Gasteiger partial charge on any atom is -0.349 e. The molecule has 8 nitrogen and oxygen atoms in total. The van der Waals surface area contributed by atoms with Gasteiger partial charge in [-0.3, -0.25) is 28.8 Å². The number of rotatable bonds is 8. The topological polar surface area (TPSA) is 109 Å². The fourth-order valence-electron chi connectivity index (χ4n) is 5.27. The van der Waals surface area contributed by atoms with Crippen LogP contribution >= 0.6 is 0 Å². The van der Waals surface area contributed by atoms with E-state index in [0.717, 1.165) is 24.8 Å². The first-order chi connectivity index (χ1) is 51.5. The molecular weight excluding hydrogens is 845 g/mol. The maximum Gasteiger partial charge on any atom is 0.225 e. The second kappa shape index (κ2) is 38.8. The molecule has 8 rings (SSSR count). The van der Waals surface area contributed by atoms with Gasteiger partial charge in [-0.15, -0.1) is 0 Å². The van der Waals surface area contributed by atoms with Crippen LogP contribution in [-0.2, 0) is 28.8 Å². The monoisotopic (exact) mass is 1000 g/mol. The first kappa shape index (κ1) is 19.8. The second-order valence-corrected chi connectivity index (χ2v) is 15.4. The van der Waals surface area contributed by atoms with Gasteiger partial charge in [0.2, 0.25) is 11.8 Å². The smallest absolute Gasteiger partial charge is 0.225 e. The molecule has 0 N–H and O–H groups in total. The van der Waals surface area contributed by atoms with E-state index in [2.05, 4.69) is 0 Å². The van der Waals surface area contributed by atoms with Crippen LogP contribution in [0.2, 0.25) is 0 Å². The minimum absolute atomic E-state index is 0.0169. The largest absolute Gasteiger partial charge is 0.349 e. The predicted molar refractivity (Wildman–Crippen MR) is 285 cm³/mol. The Balaban J connectivity index is 0.000000683. The lowest BCUT2D eigenvalue weighted by molar-refractivity contribution is -0.133. The van der Waals surface area contributed by atoms with Crippen molar-refractivity contribution in [3.8, 4) is 0 Å². The predicted octanol–water partition coefficient (Wildman–Crippen LogP) is 15.1. The summed E-state index contributed by atoms with van der Waals surface area (Å²) in [5, 5.41) is 0. The van der Waals surface area contributed by atoms with E-state index < -0.39 is 212 Å². The minimum atomic E-state index is -3.33. The first-order valence-corrected chi connectivity index (χ1v) is 21.7. The summed E-state index contributed by atoms with van der Waals surface area (Å²) < 4.78 is 382. The summed E-state index contributed by atoms with van der Waals surface area (Å²) in [5.41, 5.74) is 0. The lowest BCUT2D eigenvalue weighted by Gasteiger charge is -2.14. The Kier molecular flexibility index (Phi) is 11.3. The Hall–Kier alpha value is -2.90. The lowest BCUT2D eigenvalue weighted by atomic mass is 10.0. The fourth-order valence-corrected chi connectivity index (χ4v) is 5.27. The van der Waals surface area contributed by atoms with Gasteiger partial charge in [0.05, 0.1) is 0 Å². The number of hydrogen-bond acceptors (Lipinski definition) is 6. The van der Waals surface area contributed by atoms with Crippen LogP contribution in [0.1, 0.15) is 316 Å². The van der Waals surface area contributed by atoms with Crippen LogP contribution in [0.5, 0.6) is 0 Å². The van der Waals surface area contributed by atoms with Gasteiger partial charge < -0.3 is 9.80 Å². The molecule has 0 saturated heterocycles. The Labute approximate surface area is 490 Å². The summed E-state index contributed by atoms with van der Waals surface area (Å²) in [5.74, 6) is -16.0. The molecule has 8 fully saturated rings. The summed E-state index contributed by atoms with van der Waals surface area (Å²) in [6.45, 7) is 7.82. The average Bonchev–Trinajstić information content (AvgIpc) is 1.51. The molecule has 0 unspecified atom stereocenters. The Bertz CT molecular complexity index is 3550. The van der Waals surface area contributed by atoms with Gasteiger partial charge in [0.15, 0.2) is 0 Å². The van der Waals surface area contributed by atoms with Gasteiger partial charge in [0, 0.05) is 134 Å². The van der Waals surface area contributed by atoms with Crippen molar-refractivity contribution in [1.82, 2.24) is 9.80 Å². The standard InChI is InChI=1S/2C8H15NO.2C8H14.4C7H12O/c2*1-9(2)8(10)7-5-3-4-6-7;2*1-2-5-8-6-3-4-7-8;4*1-6(8)7-4-2-3-5-7/h2*7H,3-6H2,1-2H3;2*2,5,8H,3-4,6-7H2,1H3;4*7H,2-5H2,1H3/i3D2,4D2,5D2,6D2,7D;3D2,4D2;3D2,4D2,6D2,7D2,8D;3D2,4D2;2D2,3D2,4D2,5D2,7D;2D2,3D2,4D2,5D2;2*2D2,3D2. The fraction of sp³-hybridized carbons (Fsp3) is 0.833.